The average Bonchev–Trinajstić information content (AvgIpc) is 3.13. The maximum Gasteiger partial charge on any atom is 0.335 e. The van der Waals surface area contributed by atoms with Crippen molar-refractivity contribution in [1.29, 1.82) is 0 Å². The molecule has 0 bridgehead atoms. The van der Waals surface area contributed by atoms with Crippen LogP contribution in [0, 0.1) is 0 Å². The van der Waals surface area contributed by atoms with E-state index in [0.717, 1.165) is 24.7 Å². The molecule has 0 spiro atoms. The Labute approximate surface area is 162 Å². The molecule has 0 amide bonds. The summed E-state index contributed by atoms with van der Waals surface area (Å²) in [6.45, 7) is 3.15. The third-order valence-electron chi connectivity index (χ3n) is 4.26. The first kappa shape index (κ1) is 18.6. The number of carbonyl (C=O) groups is 1. The number of aromatic carboxylic acids is 1. The van der Waals surface area contributed by atoms with Crippen LogP contribution in [0.15, 0.2) is 66.0 Å². The van der Waals surface area contributed by atoms with Crippen molar-refractivity contribution in [1.82, 2.24) is 4.90 Å². The molecular formula is C21H20ClNO2S. The number of hydrogen-bond acceptors (Lipinski definition) is 3. The van der Waals surface area contributed by atoms with Crippen molar-refractivity contribution in [2.45, 2.75) is 19.5 Å². The highest BCUT2D eigenvalue weighted by Gasteiger charge is 2.17. The molecule has 0 unspecified atom stereocenters. The minimum atomic E-state index is -0.879. The van der Waals surface area contributed by atoms with E-state index < -0.39 is 5.97 Å². The largest absolute Gasteiger partial charge is 0.478 e. The lowest BCUT2D eigenvalue weighted by Crippen LogP contribution is -2.29. The molecule has 0 radical (unpaired) electrons. The van der Waals surface area contributed by atoms with E-state index in [0.29, 0.717) is 5.56 Å². The van der Waals surface area contributed by atoms with Crippen LogP contribution in [0.2, 0.25) is 5.02 Å². The highest BCUT2D eigenvalue weighted by Crippen LogP contribution is 2.26. The summed E-state index contributed by atoms with van der Waals surface area (Å²) in [5, 5.41) is 11.5. The fraction of sp³-hybridized carbons (Fsp3) is 0.190. The van der Waals surface area contributed by atoms with Crippen LogP contribution in [0.3, 0.4) is 0 Å². The van der Waals surface area contributed by atoms with E-state index in [4.69, 9.17) is 16.7 Å². The van der Waals surface area contributed by atoms with E-state index in [1.807, 2.05) is 23.5 Å². The van der Waals surface area contributed by atoms with Crippen LogP contribution in [0.1, 0.15) is 26.4 Å². The summed E-state index contributed by atoms with van der Waals surface area (Å²) in [4.78, 5) is 14.2. The summed E-state index contributed by atoms with van der Waals surface area (Å²) in [5.74, 6) is -0.879. The van der Waals surface area contributed by atoms with Crippen LogP contribution in [0.25, 0.3) is 0 Å². The van der Waals surface area contributed by atoms with Gasteiger partial charge < -0.3 is 5.11 Å². The van der Waals surface area contributed by atoms with Gasteiger partial charge in [0.2, 0.25) is 0 Å². The van der Waals surface area contributed by atoms with Crippen molar-refractivity contribution in [3.8, 4) is 0 Å². The lowest BCUT2D eigenvalue weighted by Gasteiger charge is -2.27. The predicted octanol–water partition coefficient (Wildman–Crippen LogP) is 5.34. The number of fused-ring (bicyclic) bond motifs is 1. The standard InChI is InChI=1S/C14H14ClNS.C7H6O2/c15-13-4-2-1-3-11(13)9-16-7-5-14-12(10-16)6-8-17-14;8-7(9)6-4-2-1-3-5-6/h1-4,6,8H,5,7,9-10H2;1-5H,(H,8,9). The summed E-state index contributed by atoms with van der Waals surface area (Å²) in [5.41, 5.74) is 3.05. The van der Waals surface area contributed by atoms with Crippen molar-refractivity contribution in [2.24, 2.45) is 0 Å². The third kappa shape index (κ3) is 4.94. The van der Waals surface area contributed by atoms with Gasteiger partial charge in [0, 0.05) is 29.5 Å². The van der Waals surface area contributed by atoms with E-state index in [9.17, 15) is 4.79 Å². The summed E-state index contributed by atoms with van der Waals surface area (Å²) < 4.78 is 0. The zero-order valence-electron chi connectivity index (χ0n) is 14.3. The molecule has 3 aromatic rings. The normalized spacial score (nSPS) is 13.4. The van der Waals surface area contributed by atoms with Crippen LogP contribution >= 0.6 is 22.9 Å². The van der Waals surface area contributed by atoms with Gasteiger partial charge in [0.1, 0.15) is 0 Å². The number of halogens is 1. The predicted molar refractivity (Wildman–Crippen MR) is 107 cm³/mol. The monoisotopic (exact) mass is 385 g/mol. The van der Waals surface area contributed by atoms with Crippen LogP contribution in [0.5, 0.6) is 0 Å². The van der Waals surface area contributed by atoms with Gasteiger partial charge >= 0.3 is 5.97 Å². The number of hydrogen-bond donors (Lipinski definition) is 1. The number of nitrogens with zero attached hydrogens (tertiary/aromatic N) is 1. The molecule has 134 valence electrons. The Balaban J connectivity index is 0.000000185. The van der Waals surface area contributed by atoms with E-state index in [2.05, 4.69) is 28.5 Å². The molecule has 1 N–H and O–H groups in total. The molecule has 0 fully saturated rings. The van der Waals surface area contributed by atoms with Gasteiger partial charge in [0.15, 0.2) is 0 Å². The average molecular weight is 386 g/mol. The van der Waals surface area contributed by atoms with E-state index in [1.165, 1.54) is 17.5 Å². The zero-order chi connectivity index (χ0) is 18.4. The van der Waals surface area contributed by atoms with E-state index >= 15 is 0 Å². The fourth-order valence-corrected chi connectivity index (χ4v) is 3.98. The minimum Gasteiger partial charge on any atom is -0.478 e. The molecule has 1 aliphatic rings. The summed E-state index contributed by atoms with van der Waals surface area (Å²) in [6.07, 6.45) is 1.18. The second kappa shape index (κ2) is 8.99. The first-order valence-corrected chi connectivity index (χ1v) is 9.68. The number of carboxylic acid groups (broad SMARTS) is 1. The molecule has 26 heavy (non-hydrogen) atoms. The summed E-state index contributed by atoms with van der Waals surface area (Å²) in [6, 6.07) is 18.7. The van der Waals surface area contributed by atoms with Gasteiger partial charge in [-0.1, -0.05) is 48.0 Å². The number of rotatable bonds is 3. The Hall–Kier alpha value is -2.14. The van der Waals surface area contributed by atoms with Gasteiger partial charge in [-0.15, -0.1) is 11.3 Å². The highest BCUT2D eigenvalue weighted by molar-refractivity contribution is 7.10. The summed E-state index contributed by atoms with van der Waals surface area (Å²) >= 11 is 8.08. The number of thiophene rings is 1. The third-order valence-corrected chi connectivity index (χ3v) is 5.65. The van der Waals surface area contributed by atoms with Crippen LogP contribution in [-0.4, -0.2) is 22.5 Å². The molecule has 1 aromatic heterocycles. The molecular weight excluding hydrogens is 366 g/mol. The molecule has 2 heterocycles. The fourth-order valence-electron chi connectivity index (χ4n) is 2.89. The van der Waals surface area contributed by atoms with Crippen molar-refractivity contribution >= 4 is 28.9 Å². The molecule has 4 rings (SSSR count). The van der Waals surface area contributed by atoms with Gasteiger partial charge in [-0.25, -0.2) is 4.79 Å². The molecule has 3 nitrogen and oxygen atoms in total. The minimum absolute atomic E-state index is 0.331. The molecule has 5 heteroatoms. The lowest BCUT2D eigenvalue weighted by molar-refractivity contribution is 0.0697. The van der Waals surface area contributed by atoms with Gasteiger partial charge in [-0.3, -0.25) is 4.90 Å². The smallest absolute Gasteiger partial charge is 0.335 e. The first-order chi connectivity index (χ1) is 12.6. The van der Waals surface area contributed by atoms with Crippen molar-refractivity contribution in [3.05, 3.63) is 92.6 Å². The SMILES string of the molecule is Clc1ccccc1CN1CCc2sccc2C1.O=C(O)c1ccccc1. The number of benzene rings is 2. The Bertz CT molecular complexity index is 863. The quantitative estimate of drug-likeness (QED) is 0.661. The zero-order valence-corrected chi connectivity index (χ0v) is 15.8. The van der Waals surface area contributed by atoms with Gasteiger partial charge in [-0.2, -0.15) is 0 Å². The Kier molecular flexibility index (Phi) is 6.45. The van der Waals surface area contributed by atoms with Crippen molar-refractivity contribution in [2.75, 3.05) is 6.54 Å². The number of carboxylic acids is 1. The molecule has 2 aromatic carbocycles. The first-order valence-electron chi connectivity index (χ1n) is 8.43. The lowest BCUT2D eigenvalue weighted by atomic mass is 10.1. The Morgan fingerprint density at radius 1 is 1.08 bits per heavy atom. The Morgan fingerprint density at radius 3 is 2.50 bits per heavy atom. The van der Waals surface area contributed by atoms with Crippen LogP contribution in [-0.2, 0) is 19.5 Å². The van der Waals surface area contributed by atoms with E-state index in [1.54, 1.807) is 35.2 Å². The topological polar surface area (TPSA) is 40.5 Å². The molecule has 1 aliphatic heterocycles. The van der Waals surface area contributed by atoms with Crippen LogP contribution < -0.4 is 0 Å². The second-order valence-corrected chi connectivity index (χ2v) is 7.50. The van der Waals surface area contributed by atoms with Gasteiger partial charge in [-0.05, 0) is 47.2 Å². The molecule has 0 saturated carbocycles. The second-order valence-electron chi connectivity index (χ2n) is 6.09. The summed E-state index contributed by atoms with van der Waals surface area (Å²) in [7, 11) is 0. The Morgan fingerprint density at radius 2 is 1.81 bits per heavy atom. The van der Waals surface area contributed by atoms with Crippen molar-refractivity contribution in [3.63, 3.8) is 0 Å². The molecule has 0 saturated heterocycles. The van der Waals surface area contributed by atoms with Crippen molar-refractivity contribution < 1.29 is 9.90 Å². The van der Waals surface area contributed by atoms with Gasteiger partial charge in [0.25, 0.3) is 0 Å². The maximum absolute atomic E-state index is 10.2. The van der Waals surface area contributed by atoms with Crippen LogP contribution in [0.4, 0.5) is 0 Å². The maximum atomic E-state index is 10.2. The van der Waals surface area contributed by atoms with E-state index in [-0.39, 0.29) is 0 Å². The van der Waals surface area contributed by atoms with Gasteiger partial charge in [0.05, 0.1) is 5.56 Å². The highest BCUT2D eigenvalue weighted by atomic mass is 35.5. The molecule has 0 atom stereocenters. The molecule has 0 aliphatic carbocycles.